The van der Waals surface area contributed by atoms with Gasteiger partial charge in [-0.05, 0) is 6.42 Å². The molecule has 0 saturated carbocycles. The monoisotopic (exact) mass is 140 g/mol. The average Bonchev–Trinajstić information content (AvgIpc) is 1.87. The van der Waals surface area contributed by atoms with Crippen molar-refractivity contribution in [2.24, 2.45) is 11.7 Å². The highest BCUT2D eigenvalue weighted by Crippen LogP contribution is 2.02. The van der Waals surface area contributed by atoms with Crippen LogP contribution in [0.3, 0.4) is 0 Å². The SMILES string of the molecule is C=CCC(C)C(=O)C(=N)N. The lowest BCUT2D eigenvalue weighted by Gasteiger charge is -2.03. The summed E-state index contributed by atoms with van der Waals surface area (Å²) in [4.78, 5) is 10.8. The number of ketones is 1. The largest absolute Gasteiger partial charge is 0.381 e. The molecule has 0 aliphatic rings. The lowest BCUT2D eigenvalue weighted by molar-refractivity contribution is -0.116. The van der Waals surface area contributed by atoms with Crippen LogP contribution in [0.4, 0.5) is 0 Å². The summed E-state index contributed by atoms with van der Waals surface area (Å²) in [6, 6.07) is 0. The van der Waals surface area contributed by atoms with Gasteiger partial charge in [-0.3, -0.25) is 10.2 Å². The molecular formula is C7H12N2O. The highest BCUT2D eigenvalue weighted by molar-refractivity contribution is 6.37. The number of nitrogens with one attached hydrogen (secondary N) is 1. The molecule has 3 heteroatoms. The standard InChI is InChI=1S/C7H12N2O/c1-3-4-5(2)6(10)7(8)9/h3,5H,1,4H2,2H3,(H3,8,9). The van der Waals surface area contributed by atoms with Gasteiger partial charge in [-0.15, -0.1) is 6.58 Å². The normalized spacial score (nSPS) is 12.1. The van der Waals surface area contributed by atoms with Crippen molar-refractivity contribution in [1.82, 2.24) is 0 Å². The minimum absolute atomic E-state index is 0.199. The molecule has 0 rings (SSSR count). The summed E-state index contributed by atoms with van der Waals surface area (Å²) in [5, 5.41) is 6.80. The number of nitrogens with two attached hydrogens (primary N) is 1. The third-order valence-corrected chi connectivity index (χ3v) is 1.23. The number of hydrogen-bond donors (Lipinski definition) is 2. The quantitative estimate of drug-likeness (QED) is 0.343. The van der Waals surface area contributed by atoms with Crippen LogP contribution in [0.1, 0.15) is 13.3 Å². The molecular weight excluding hydrogens is 128 g/mol. The van der Waals surface area contributed by atoms with Crippen molar-refractivity contribution in [3.63, 3.8) is 0 Å². The predicted molar refractivity (Wildman–Crippen MR) is 40.9 cm³/mol. The van der Waals surface area contributed by atoms with Crippen molar-refractivity contribution in [2.45, 2.75) is 13.3 Å². The predicted octanol–water partition coefficient (Wildman–Crippen LogP) is 0.704. The Bertz CT molecular complexity index is 163. The topological polar surface area (TPSA) is 66.9 Å². The summed E-state index contributed by atoms with van der Waals surface area (Å²) < 4.78 is 0. The third kappa shape index (κ3) is 2.44. The van der Waals surface area contributed by atoms with Crippen LogP contribution < -0.4 is 5.73 Å². The zero-order valence-corrected chi connectivity index (χ0v) is 6.05. The lowest BCUT2D eigenvalue weighted by atomic mass is 10.0. The van der Waals surface area contributed by atoms with Gasteiger partial charge in [0.05, 0.1) is 0 Å². The molecule has 1 atom stereocenters. The van der Waals surface area contributed by atoms with Gasteiger partial charge in [-0.25, -0.2) is 0 Å². The smallest absolute Gasteiger partial charge is 0.199 e. The Labute approximate surface area is 60.4 Å². The summed E-state index contributed by atoms with van der Waals surface area (Å²) in [7, 11) is 0. The molecule has 0 aromatic carbocycles. The Morgan fingerprint density at radius 2 is 2.40 bits per heavy atom. The van der Waals surface area contributed by atoms with Crippen molar-refractivity contribution in [1.29, 1.82) is 5.41 Å². The van der Waals surface area contributed by atoms with E-state index in [-0.39, 0.29) is 17.5 Å². The fourth-order valence-corrected chi connectivity index (χ4v) is 0.622. The zero-order chi connectivity index (χ0) is 8.15. The fourth-order valence-electron chi connectivity index (χ4n) is 0.622. The van der Waals surface area contributed by atoms with Crippen LogP contribution in [0.25, 0.3) is 0 Å². The van der Waals surface area contributed by atoms with Gasteiger partial charge < -0.3 is 5.73 Å². The molecule has 3 nitrogen and oxygen atoms in total. The van der Waals surface area contributed by atoms with E-state index in [2.05, 4.69) is 6.58 Å². The van der Waals surface area contributed by atoms with Gasteiger partial charge in [0.2, 0.25) is 0 Å². The van der Waals surface area contributed by atoms with Gasteiger partial charge in [-0.1, -0.05) is 13.0 Å². The highest BCUT2D eigenvalue weighted by atomic mass is 16.1. The first-order valence-electron chi connectivity index (χ1n) is 3.08. The average molecular weight is 140 g/mol. The van der Waals surface area contributed by atoms with Crippen LogP contribution in [0.2, 0.25) is 0 Å². The van der Waals surface area contributed by atoms with E-state index >= 15 is 0 Å². The van der Waals surface area contributed by atoms with Gasteiger partial charge in [0.25, 0.3) is 0 Å². The minimum atomic E-state index is -0.366. The first-order chi connectivity index (χ1) is 4.59. The molecule has 0 fully saturated rings. The number of Topliss-reactive ketones (excluding diaryl/α,β-unsaturated/α-hetero) is 1. The second-order valence-electron chi connectivity index (χ2n) is 2.20. The maximum atomic E-state index is 10.8. The van der Waals surface area contributed by atoms with Crippen molar-refractivity contribution in [3.05, 3.63) is 12.7 Å². The van der Waals surface area contributed by atoms with Crippen molar-refractivity contribution < 1.29 is 4.79 Å². The van der Waals surface area contributed by atoms with Gasteiger partial charge in [-0.2, -0.15) is 0 Å². The summed E-state index contributed by atoms with van der Waals surface area (Å²) >= 11 is 0. The molecule has 0 aliphatic carbocycles. The molecule has 0 bridgehead atoms. The Kier molecular flexibility index (Phi) is 3.39. The molecule has 0 saturated heterocycles. The van der Waals surface area contributed by atoms with Crippen molar-refractivity contribution in [2.75, 3.05) is 0 Å². The van der Waals surface area contributed by atoms with Crippen LogP contribution in [0.5, 0.6) is 0 Å². The first kappa shape index (κ1) is 8.88. The summed E-state index contributed by atoms with van der Waals surface area (Å²) in [5.74, 6) is -0.871. The number of carbonyl (C=O) groups excluding carboxylic acids is 1. The van der Waals surface area contributed by atoms with E-state index in [1.165, 1.54) is 0 Å². The van der Waals surface area contributed by atoms with Crippen LogP contribution in [-0.4, -0.2) is 11.6 Å². The van der Waals surface area contributed by atoms with E-state index in [4.69, 9.17) is 11.1 Å². The van der Waals surface area contributed by atoms with Crippen LogP contribution >= 0.6 is 0 Å². The van der Waals surface area contributed by atoms with E-state index in [1.54, 1.807) is 13.0 Å². The van der Waals surface area contributed by atoms with E-state index in [1.807, 2.05) is 0 Å². The molecule has 56 valence electrons. The molecule has 3 N–H and O–H groups in total. The fraction of sp³-hybridized carbons (Fsp3) is 0.429. The van der Waals surface area contributed by atoms with E-state index in [0.717, 1.165) is 0 Å². The summed E-state index contributed by atoms with van der Waals surface area (Å²) in [6.45, 7) is 5.21. The Balaban J connectivity index is 3.94. The number of hydrogen-bond acceptors (Lipinski definition) is 2. The summed E-state index contributed by atoms with van der Waals surface area (Å²) in [5.41, 5.74) is 4.97. The molecule has 0 aliphatic heterocycles. The van der Waals surface area contributed by atoms with Gasteiger partial charge in [0, 0.05) is 5.92 Å². The molecule has 1 unspecified atom stereocenters. The lowest BCUT2D eigenvalue weighted by Crippen LogP contribution is -2.27. The number of amidine groups is 1. The van der Waals surface area contributed by atoms with Gasteiger partial charge in [0.15, 0.2) is 11.6 Å². The van der Waals surface area contributed by atoms with E-state index < -0.39 is 0 Å². The third-order valence-electron chi connectivity index (χ3n) is 1.23. The first-order valence-corrected chi connectivity index (χ1v) is 3.08. The van der Waals surface area contributed by atoms with E-state index in [9.17, 15) is 4.79 Å². The Morgan fingerprint density at radius 1 is 1.90 bits per heavy atom. The van der Waals surface area contributed by atoms with Gasteiger partial charge in [0.1, 0.15) is 0 Å². The Hall–Kier alpha value is -1.12. The van der Waals surface area contributed by atoms with E-state index in [0.29, 0.717) is 6.42 Å². The zero-order valence-electron chi connectivity index (χ0n) is 6.05. The Morgan fingerprint density at radius 3 is 2.70 bits per heavy atom. The van der Waals surface area contributed by atoms with Crippen molar-refractivity contribution >= 4 is 11.6 Å². The maximum Gasteiger partial charge on any atom is 0.199 e. The molecule has 0 heterocycles. The minimum Gasteiger partial charge on any atom is -0.381 e. The molecule has 0 aromatic rings. The highest BCUT2D eigenvalue weighted by Gasteiger charge is 2.12. The molecule has 10 heavy (non-hydrogen) atoms. The molecule has 0 aromatic heterocycles. The number of allylic oxidation sites excluding steroid dienone is 1. The summed E-state index contributed by atoms with van der Waals surface area (Å²) in [6.07, 6.45) is 2.23. The van der Waals surface area contributed by atoms with Crippen LogP contribution in [0.15, 0.2) is 12.7 Å². The maximum absolute atomic E-state index is 10.8. The second kappa shape index (κ2) is 3.82. The molecule has 0 spiro atoms. The van der Waals surface area contributed by atoms with Crippen LogP contribution in [0, 0.1) is 11.3 Å². The number of rotatable bonds is 4. The van der Waals surface area contributed by atoms with Gasteiger partial charge >= 0.3 is 0 Å². The second-order valence-corrected chi connectivity index (χ2v) is 2.20. The molecule has 0 radical (unpaired) electrons. The molecule has 0 amide bonds. The van der Waals surface area contributed by atoms with Crippen LogP contribution in [-0.2, 0) is 4.79 Å². The van der Waals surface area contributed by atoms with Crippen molar-refractivity contribution in [3.8, 4) is 0 Å². The number of carbonyl (C=O) groups is 1.